The summed E-state index contributed by atoms with van der Waals surface area (Å²) in [5.74, 6) is 1.81. The third kappa shape index (κ3) is 3.22. The number of hydrogen-bond donors (Lipinski definition) is 1. The molecular formula is C18H34N2. The fourth-order valence-electron chi connectivity index (χ4n) is 5.26. The van der Waals surface area contributed by atoms with E-state index in [1.165, 1.54) is 64.6 Å². The number of nitrogens with one attached hydrogen (secondary N) is 1. The van der Waals surface area contributed by atoms with Gasteiger partial charge in [-0.15, -0.1) is 0 Å². The minimum absolute atomic E-state index is 0.581. The Hall–Kier alpha value is -0.0800. The van der Waals surface area contributed by atoms with Crippen molar-refractivity contribution in [2.24, 2.45) is 17.3 Å². The molecule has 0 aromatic carbocycles. The van der Waals surface area contributed by atoms with Crippen LogP contribution in [0.25, 0.3) is 0 Å². The predicted molar refractivity (Wildman–Crippen MR) is 85.9 cm³/mol. The van der Waals surface area contributed by atoms with Crippen LogP contribution in [-0.2, 0) is 0 Å². The van der Waals surface area contributed by atoms with Crippen LogP contribution in [-0.4, -0.2) is 36.6 Å². The summed E-state index contributed by atoms with van der Waals surface area (Å²) in [6.07, 6.45) is 9.97. The SMILES string of the molecule is CC1CC(C)(C)CCC1N1CCCC(C2CCCN2)C1. The van der Waals surface area contributed by atoms with Crippen molar-refractivity contribution in [3.63, 3.8) is 0 Å². The monoisotopic (exact) mass is 278 g/mol. The maximum absolute atomic E-state index is 3.75. The van der Waals surface area contributed by atoms with Gasteiger partial charge in [0.15, 0.2) is 0 Å². The maximum Gasteiger partial charge on any atom is 0.0121 e. The third-order valence-electron chi connectivity index (χ3n) is 6.27. The first kappa shape index (κ1) is 14.8. The quantitative estimate of drug-likeness (QED) is 0.829. The Morgan fingerprint density at radius 3 is 2.65 bits per heavy atom. The standard InChI is InChI=1S/C18H34N2/c1-14-12-18(2,3)9-8-17(14)20-11-5-6-15(13-20)16-7-4-10-19-16/h14-17,19H,4-13H2,1-3H3. The van der Waals surface area contributed by atoms with Crippen LogP contribution in [0.4, 0.5) is 0 Å². The molecule has 4 atom stereocenters. The molecule has 0 bridgehead atoms. The van der Waals surface area contributed by atoms with Crippen molar-refractivity contribution >= 4 is 0 Å². The van der Waals surface area contributed by atoms with Crippen molar-refractivity contribution in [1.29, 1.82) is 0 Å². The summed E-state index contributed by atoms with van der Waals surface area (Å²) >= 11 is 0. The number of nitrogens with zero attached hydrogens (tertiary/aromatic N) is 1. The van der Waals surface area contributed by atoms with Gasteiger partial charge in [-0.3, -0.25) is 4.90 Å². The van der Waals surface area contributed by atoms with Gasteiger partial charge in [-0.05, 0) is 75.3 Å². The zero-order valence-electron chi connectivity index (χ0n) is 13.8. The molecule has 2 heteroatoms. The predicted octanol–water partition coefficient (Wildman–Crippen LogP) is 3.67. The highest BCUT2D eigenvalue weighted by Crippen LogP contribution is 2.41. The molecule has 2 aliphatic heterocycles. The summed E-state index contributed by atoms with van der Waals surface area (Å²) in [5.41, 5.74) is 0.581. The first-order valence-corrected chi connectivity index (χ1v) is 9.03. The van der Waals surface area contributed by atoms with E-state index in [2.05, 4.69) is 31.0 Å². The molecule has 1 aliphatic carbocycles. The van der Waals surface area contributed by atoms with Crippen LogP contribution >= 0.6 is 0 Å². The largest absolute Gasteiger partial charge is 0.314 e. The molecule has 3 fully saturated rings. The summed E-state index contributed by atoms with van der Waals surface area (Å²) in [6, 6.07) is 1.69. The molecule has 1 N–H and O–H groups in total. The van der Waals surface area contributed by atoms with Crippen molar-refractivity contribution in [2.75, 3.05) is 19.6 Å². The Kier molecular flexibility index (Phi) is 4.42. The second-order valence-corrected chi connectivity index (χ2v) is 8.55. The summed E-state index contributed by atoms with van der Waals surface area (Å²) < 4.78 is 0. The molecule has 0 amide bonds. The molecular weight excluding hydrogens is 244 g/mol. The molecule has 2 heterocycles. The Labute approximate surface area is 125 Å². The normalized spacial score (nSPS) is 42.8. The molecule has 0 spiro atoms. The van der Waals surface area contributed by atoms with Gasteiger partial charge < -0.3 is 5.32 Å². The van der Waals surface area contributed by atoms with Gasteiger partial charge in [-0.1, -0.05) is 20.8 Å². The van der Waals surface area contributed by atoms with Crippen molar-refractivity contribution in [3.8, 4) is 0 Å². The van der Waals surface area contributed by atoms with Gasteiger partial charge in [0, 0.05) is 18.6 Å². The summed E-state index contributed by atoms with van der Waals surface area (Å²) in [6.45, 7) is 11.4. The van der Waals surface area contributed by atoms with E-state index in [0.717, 1.165) is 23.9 Å². The van der Waals surface area contributed by atoms with E-state index in [9.17, 15) is 0 Å². The fourth-order valence-corrected chi connectivity index (χ4v) is 5.26. The molecule has 0 radical (unpaired) electrons. The second kappa shape index (κ2) is 5.96. The number of likely N-dealkylation sites (tertiary alicyclic amines) is 1. The van der Waals surface area contributed by atoms with Crippen LogP contribution in [0.3, 0.4) is 0 Å². The molecule has 2 saturated heterocycles. The van der Waals surface area contributed by atoms with Crippen molar-refractivity contribution in [1.82, 2.24) is 10.2 Å². The van der Waals surface area contributed by atoms with Crippen LogP contribution in [0, 0.1) is 17.3 Å². The Morgan fingerprint density at radius 1 is 1.10 bits per heavy atom. The van der Waals surface area contributed by atoms with Crippen LogP contribution in [0.2, 0.25) is 0 Å². The van der Waals surface area contributed by atoms with Gasteiger partial charge >= 0.3 is 0 Å². The highest BCUT2D eigenvalue weighted by Gasteiger charge is 2.38. The van der Waals surface area contributed by atoms with Crippen LogP contribution in [0.15, 0.2) is 0 Å². The lowest BCUT2D eigenvalue weighted by atomic mass is 9.69. The Morgan fingerprint density at radius 2 is 1.95 bits per heavy atom. The molecule has 3 aliphatic rings. The molecule has 0 aromatic rings. The summed E-state index contributed by atoms with van der Waals surface area (Å²) in [7, 11) is 0. The molecule has 3 rings (SSSR count). The topological polar surface area (TPSA) is 15.3 Å². The zero-order chi connectivity index (χ0) is 14.2. The van der Waals surface area contributed by atoms with E-state index >= 15 is 0 Å². The maximum atomic E-state index is 3.75. The lowest BCUT2D eigenvalue weighted by Gasteiger charge is -2.47. The van der Waals surface area contributed by atoms with Crippen molar-refractivity contribution in [3.05, 3.63) is 0 Å². The average Bonchev–Trinajstić information content (AvgIpc) is 2.91. The van der Waals surface area contributed by atoms with Crippen molar-refractivity contribution in [2.45, 2.75) is 77.8 Å². The molecule has 2 nitrogen and oxygen atoms in total. The van der Waals surface area contributed by atoms with E-state index < -0.39 is 0 Å². The zero-order valence-corrected chi connectivity index (χ0v) is 13.8. The van der Waals surface area contributed by atoms with Crippen LogP contribution in [0.5, 0.6) is 0 Å². The fraction of sp³-hybridized carbons (Fsp3) is 1.00. The first-order chi connectivity index (χ1) is 9.55. The van der Waals surface area contributed by atoms with Gasteiger partial charge in [0.05, 0.1) is 0 Å². The Bertz CT molecular complexity index is 319. The highest BCUT2D eigenvalue weighted by molar-refractivity contribution is 4.93. The van der Waals surface area contributed by atoms with Gasteiger partial charge in [0.2, 0.25) is 0 Å². The number of hydrogen-bond acceptors (Lipinski definition) is 2. The van der Waals surface area contributed by atoms with Crippen LogP contribution in [0.1, 0.15) is 65.7 Å². The minimum Gasteiger partial charge on any atom is -0.314 e. The smallest absolute Gasteiger partial charge is 0.0121 e. The number of rotatable bonds is 2. The molecule has 1 saturated carbocycles. The molecule has 20 heavy (non-hydrogen) atoms. The molecule has 4 unspecified atom stereocenters. The van der Waals surface area contributed by atoms with E-state index in [1.807, 2.05) is 0 Å². The highest BCUT2D eigenvalue weighted by atomic mass is 15.2. The van der Waals surface area contributed by atoms with E-state index in [4.69, 9.17) is 0 Å². The minimum atomic E-state index is 0.581. The second-order valence-electron chi connectivity index (χ2n) is 8.55. The molecule has 0 aromatic heterocycles. The molecule has 116 valence electrons. The number of piperidine rings is 1. The van der Waals surface area contributed by atoms with Gasteiger partial charge in [-0.25, -0.2) is 0 Å². The van der Waals surface area contributed by atoms with Gasteiger partial charge in [-0.2, -0.15) is 0 Å². The summed E-state index contributed by atoms with van der Waals surface area (Å²) in [5, 5.41) is 3.75. The third-order valence-corrected chi connectivity index (χ3v) is 6.27. The first-order valence-electron chi connectivity index (χ1n) is 9.03. The van der Waals surface area contributed by atoms with Crippen molar-refractivity contribution < 1.29 is 0 Å². The average molecular weight is 278 g/mol. The van der Waals surface area contributed by atoms with Gasteiger partial charge in [0.1, 0.15) is 0 Å². The summed E-state index contributed by atoms with van der Waals surface area (Å²) in [4.78, 5) is 2.87. The Balaban J connectivity index is 1.59. The van der Waals surface area contributed by atoms with E-state index in [-0.39, 0.29) is 0 Å². The van der Waals surface area contributed by atoms with Crippen LogP contribution < -0.4 is 5.32 Å². The van der Waals surface area contributed by atoms with E-state index in [1.54, 1.807) is 0 Å². The lowest BCUT2D eigenvalue weighted by Crippen LogP contribution is -2.51. The van der Waals surface area contributed by atoms with E-state index in [0.29, 0.717) is 5.41 Å². The van der Waals surface area contributed by atoms with Gasteiger partial charge in [0.25, 0.3) is 0 Å². The lowest BCUT2D eigenvalue weighted by molar-refractivity contribution is 0.0272.